The van der Waals surface area contributed by atoms with E-state index in [0.29, 0.717) is 12.3 Å². The molecule has 4 nitrogen and oxygen atoms in total. The van der Waals surface area contributed by atoms with Gasteiger partial charge in [0.1, 0.15) is 11.8 Å². The maximum absolute atomic E-state index is 10.9. The molecule has 0 aromatic heterocycles. The summed E-state index contributed by atoms with van der Waals surface area (Å²) in [6.45, 7) is 4.72. The van der Waals surface area contributed by atoms with Gasteiger partial charge in [0.15, 0.2) is 0 Å². The van der Waals surface area contributed by atoms with Crippen molar-refractivity contribution in [2.75, 3.05) is 6.61 Å². The van der Waals surface area contributed by atoms with Gasteiger partial charge in [0.25, 0.3) is 0 Å². The Bertz CT molecular complexity index is 495. The summed E-state index contributed by atoms with van der Waals surface area (Å²) in [6, 6.07) is 3.15. The van der Waals surface area contributed by atoms with Crippen LogP contribution in [0.4, 0.5) is 0 Å². The molecule has 1 aromatic carbocycles. The Morgan fingerprint density at radius 3 is 2.70 bits per heavy atom. The van der Waals surface area contributed by atoms with Crippen molar-refractivity contribution >= 4 is 5.97 Å². The molecule has 0 spiro atoms. The zero-order valence-corrected chi connectivity index (χ0v) is 12.2. The minimum atomic E-state index is -0.978. The lowest BCUT2D eigenvalue weighted by Crippen LogP contribution is -2.32. The Hall–Kier alpha value is -1.55. The Balaban J connectivity index is 2.15. The summed E-state index contributed by atoms with van der Waals surface area (Å²) in [5.41, 5.74) is 8.71. The van der Waals surface area contributed by atoms with Crippen LogP contribution in [0.25, 0.3) is 0 Å². The van der Waals surface area contributed by atoms with E-state index in [1.165, 1.54) is 19.3 Å². The van der Waals surface area contributed by atoms with E-state index in [2.05, 4.69) is 6.07 Å². The van der Waals surface area contributed by atoms with Gasteiger partial charge in [-0.2, -0.15) is 0 Å². The van der Waals surface area contributed by atoms with Crippen LogP contribution in [-0.2, 0) is 11.2 Å². The van der Waals surface area contributed by atoms with Gasteiger partial charge in [-0.3, -0.25) is 4.79 Å². The number of carboxylic acid groups (broad SMARTS) is 1. The molecule has 0 saturated heterocycles. The van der Waals surface area contributed by atoms with E-state index in [-0.39, 0.29) is 0 Å². The van der Waals surface area contributed by atoms with Gasteiger partial charge in [-0.05, 0) is 43.7 Å². The maximum atomic E-state index is 10.9. The van der Waals surface area contributed by atoms with Crippen molar-refractivity contribution in [3.05, 3.63) is 28.8 Å². The Morgan fingerprint density at radius 2 is 2.15 bits per heavy atom. The topological polar surface area (TPSA) is 72.5 Å². The average molecular weight is 277 g/mol. The first-order valence-electron chi connectivity index (χ1n) is 7.18. The SMILES string of the molecule is Cc1cc(C)c(OCC2CCC2)c(CC(N)C(=O)O)c1. The van der Waals surface area contributed by atoms with E-state index in [4.69, 9.17) is 15.6 Å². The fourth-order valence-corrected chi connectivity index (χ4v) is 2.59. The molecule has 1 atom stereocenters. The number of aliphatic carboxylic acids is 1. The van der Waals surface area contributed by atoms with Gasteiger partial charge in [0.05, 0.1) is 6.61 Å². The van der Waals surface area contributed by atoms with Crippen molar-refractivity contribution < 1.29 is 14.6 Å². The van der Waals surface area contributed by atoms with Gasteiger partial charge in [0.2, 0.25) is 0 Å². The smallest absolute Gasteiger partial charge is 0.320 e. The second kappa shape index (κ2) is 6.27. The molecule has 3 N–H and O–H groups in total. The zero-order chi connectivity index (χ0) is 14.7. The molecule has 20 heavy (non-hydrogen) atoms. The second-order valence-corrected chi connectivity index (χ2v) is 5.83. The molecule has 1 saturated carbocycles. The number of carboxylic acids is 1. The normalized spacial score (nSPS) is 16.6. The van der Waals surface area contributed by atoms with Gasteiger partial charge in [-0.15, -0.1) is 0 Å². The predicted octanol–water partition coefficient (Wildman–Crippen LogP) is 2.44. The quantitative estimate of drug-likeness (QED) is 0.837. The molecule has 0 heterocycles. The molecule has 1 fully saturated rings. The van der Waals surface area contributed by atoms with E-state index in [0.717, 1.165) is 29.0 Å². The number of hydrogen-bond acceptors (Lipinski definition) is 3. The Kier molecular flexibility index (Phi) is 4.65. The molecule has 0 amide bonds. The number of ether oxygens (including phenoxy) is 1. The molecule has 1 aliphatic rings. The van der Waals surface area contributed by atoms with Crippen LogP contribution >= 0.6 is 0 Å². The lowest BCUT2D eigenvalue weighted by molar-refractivity contribution is -0.138. The molecule has 0 aliphatic heterocycles. The highest BCUT2D eigenvalue weighted by atomic mass is 16.5. The van der Waals surface area contributed by atoms with Gasteiger partial charge in [0, 0.05) is 6.42 Å². The first-order valence-corrected chi connectivity index (χ1v) is 7.18. The number of nitrogens with two attached hydrogens (primary N) is 1. The van der Waals surface area contributed by atoms with E-state index in [1.54, 1.807) is 0 Å². The van der Waals surface area contributed by atoms with Crippen molar-refractivity contribution in [3.8, 4) is 5.75 Å². The number of hydrogen-bond donors (Lipinski definition) is 2. The highest BCUT2D eigenvalue weighted by Crippen LogP contribution is 2.31. The molecule has 1 aromatic rings. The fraction of sp³-hybridized carbons (Fsp3) is 0.562. The molecular formula is C16H23NO3. The van der Waals surface area contributed by atoms with Crippen LogP contribution in [0, 0.1) is 19.8 Å². The third kappa shape index (κ3) is 3.51. The lowest BCUT2D eigenvalue weighted by Gasteiger charge is -2.26. The minimum absolute atomic E-state index is 0.303. The summed E-state index contributed by atoms with van der Waals surface area (Å²) < 4.78 is 5.96. The maximum Gasteiger partial charge on any atom is 0.320 e. The summed E-state index contributed by atoms with van der Waals surface area (Å²) in [4.78, 5) is 10.9. The average Bonchev–Trinajstić information content (AvgIpc) is 2.29. The Labute approximate surface area is 119 Å². The van der Waals surface area contributed by atoms with Crippen LogP contribution in [0.2, 0.25) is 0 Å². The molecule has 0 bridgehead atoms. The number of aryl methyl sites for hydroxylation is 2. The van der Waals surface area contributed by atoms with Crippen LogP contribution in [0.5, 0.6) is 5.75 Å². The Morgan fingerprint density at radius 1 is 1.45 bits per heavy atom. The van der Waals surface area contributed by atoms with Gasteiger partial charge in [-0.25, -0.2) is 0 Å². The number of carbonyl (C=O) groups is 1. The number of rotatable bonds is 6. The second-order valence-electron chi connectivity index (χ2n) is 5.83. The third-order valence-corrected chi connectivity index (χ3v) is 3.94. The van der Waals surface area contributed by atoms with Crippen molar-refractivity contribution in [1.29, 1.82) is 0 Å². The molecule has 1 unspecified atom stereocenters. The minimum Gasteiger partial charge on any atom is -0.493 e. The standard InChI is InChI=1S/C16H23NO3/c1-10-6-11(2)15(20-9-12-4-3-5-12)13(7-10)8-14(17)16(18)19/h6-7,12,14H,3-5,8-9,17H2,1-2H3,(H,18,19). The van der Waals surface area contributed by atoms with Crippen molar-refractivity contribution in [3.63, 3.8) is 0 Å². The summed E-state index contributed by atoms with van der Waals surface area (Å²) in [6.07, 6.45) is 4.05. The molecule has 0 radical (unpaired) electrons. The lowest BCUT2D eigenvalue weighted by atomic mass is 9.86. The third-order valence-electron chi connectivity index (χ3n) is 3.94. The summed E-state index contributed by atoms with van der Waals surface area (Å²) in [7, 11) is 0. The highest BCUT2D eigenvalue weighted by molar-refractivity contribution is 5.73. The molecule has 1 aliphatic carbocycles. The van der Waals surface area contributed by atoms with Gasteiger partial charge >= 0.3 is 5.97 Å². The van der Waals surface area contributed by atoms with Gasteiger partial charge in [-0.1, -0.05) is 24.1 Å². The van der Waals surface area contributed by atoms with E-state index in [9.17, 15) is 4.79 Å². The van der Waals surface area contributed by atoms with E-state index in [1.807, 2.05) is 19.9 Å². The largest absolute Gasteiger partial charge is 0.493 e. The zero-order valence-electron chi connectivity index (χ0n) is 12.2. The van der Waals surface area contributed by atoms with Crippen LogP contribution < -0.4 is 10.5 Å². The molecular weight excluding hydrogens is 254 g/mol. The van der Waals surface area contributed by atoms with E-state index < -0.39 is 12.0 Å². The summed E-state index contributed by atoms with van der Waals surface area (Å²) in [5, 5.41) is 8.97. The van der Waals surface area contributed by atoms with Crippen LogP contribution in [-0.4, -0.2) is 23.7 Å². The molecule has 4 heteroatoms. The van der Waals surface area contributed by atoms with Crippen LogP contribution in [0.3, 0.4) is 0 Å². The first-order chi connectivity index (χ1) is 9.47. The van der Waals surface area contributed by atoms with Crippen molar-refractivity contribution in [2.24, 2.45) is 11.7 Å². The summed E-state index contributed by atoms with van der Waals surface area (Å²) in [5.74, 6) is 0.491. The van der Waals surface area contributed by atoms with Crippen LogP contribution in [0.1, 0.15) is 36.0 Å². The monoisotopic (exact) mass is 277 g/mol. The van der Waals surface area contributed by atoms with Gasteiger partial charge < -0.3 is 15.6 Å². The number of benzene rings is 1. The fourth-order valence-electron chi connectivity index (χ4n) is 2.59. The van der Waals surface area contributed by atoms with Crippen LogP contribution in [0.15, 0.2) is 12.1 Å². The highest BCUT2D eigenvalue weighted by Gasteiger charge is 2.21. The first kappa shape index (κ1) is 14.9. The van der Waals surface area contributed by atoms with Crippen molar-refractivity contribution in [2.45, 2.75) is 45.6 Å². The van der Waals surface area contributed by atoms with E-state index >= 15 is 0 Å². The molecule has 2 rings (SSSR count). The predicted molar refractivity (Wildman–Crippen MR) is 78.1 cm³/mol. The summed E-state index contributed by atoms with van der Waals surface area (Å²) >= 11 is 0. The molecule has 110 valence electrons. The van der Waals surface area contributed by atoms with Crippen molar-refractivity contribution in [1.82, 2.24) is 0 Å².